The number of hydrogen-bond donors (Lipinski definition) is 0. The molecular formula is C17H19NO5. The molecule has 0 spiro atoms. The lowest BCUT2D eigenvalue weighted by Crippen LogP contribution is -2.44. The fourth-order valence-electron chi connectivity index (χ4n) is 2.64. The van der Waals surface area contributed by atoms with Gasteiger partial charge in [-0.3, -0.25) is 14.5 Å². The Morgan fingerprint density at radius 3 is 2.52 bits per heavy atom. The number of amides is 1. The maximum Gasteiger partial charge on any atom is 0.330 e. The third-order valence-corrected chi connectivity index (χ3v) is 3.78. The summed E-state index contributed by atoms with van der Waals surface area (Å²) in [6, 6.07) is 5.78. The molecule has 6 nitrogen and oxygen atoms in total. The van der Waals surface area contributed by atoms with E-state index in [1.807, 2.05) is 0 Å². The number of hydrogen-bond acceptors (Lipinski definition) is 5. The van der Waals surface area contributed by atoms with Crippen LogP contribution in [-0.2, 0) is 19.1 Å². The third-order valence-electron chi connectivity index (χ3n) is 3.78. The number of carbonyl (C=O) groups is 3. The van der Waals surface area contributed by atoms with Crippen LogP contribution >= 0.6 is 0 Å². The van der Waals surface area contributed by atoms with Gasteiger partial charge in [0.05, 0.1) is 13.0 Å². The summed E-state index contributed by atoms with van der Waals surface area (Å²) in [5, 5.41) is 0. The molecule has 1 fully saturated rings. The van der Waals surface area contributed by atoms with Crippen LogP contribution in [0.25, 0.3) is 0 Å². The quantitative estimate of drug-likeness (QED) is 0.590. The van der Waals surface area contributed by atoms with Crippen LogP contribution in [0.5, 0.6) is 5.75 Å². The van der Waals surface area contributed by atoms with Crippen LogP contribution < -0.4 is 9.64 Å². The van der Waals surface area contributed by atoms with Crippen molar-refractivity contribution in [2.45, 2.75) is 19.4 Å². The number of methoxy groups -OCH3 is 1. The minimum Gasteiger partial charge on any atom is -0.497 e. The van der Waals surface area contributed by atoms with Crippen LogP contribution in [0.4, 0.5) is 5.69 Å². The van der Waals surface area contributed by atoms with Gasteiger partial charge in [-0.2, -0.15) is 0 Å². The van der Waals surface area contributed by atoms with Gasteiger partial charge in [0.25, 0.3) is 0 Å². The minimum absolute atomic E-state index is 0.00474. The molecule has 0 bridgehead atoms. The number of ether oxygens (including phenoxy) is 2. The first kappa shape index (κ1) is 16.7. The molecule has 1 aromatic carbocycles. The SMILES string of the molecule is C=CCOC(=O)[C@H]1[C@@H](C(C)=O)CC(=O)N1c1ccc(OC)cc1. The van der Waals surface area contributed by atoms with E-state index < -0.39 is 17.9 Å². The van der Waals surface area contributed by atoms with E-state index >= 15 is 0 Å². The first-order valence-electron chi connectivity index (χ1n) is 7.23. The topological polar surface area (TPSA) is 72.9 Å². The molecule has 0 N–H and O–H groups in total. The predicted molar refractivity (Wildman–Crippen MR) is 84.2 cm³/mol. The van der Waals surface area contributed by atoms with Gasteiger partial charge in [0.2, 0.25) is 5.91 Å². The summed E-state index contributed by atoms with van der Waals surface area (Å²) < 4.78 is 10.2. The molecule has 1 aliphatic rings. The molecule has 2 rings (SSSR count). The van der Waals surface area contributed by atoms with Crippen molar-refractivity contribution in [2.75, 3.05) is 18.6 Å². The number of carbonyl (C=O) groups excluding carboxylic acids is 3. The van der Waals surface area contributed by atoms with E-state index in [0.717, 1.165) is 0 Å². The van der Waals surface area contributed by atoms with Gasteiger partial charge >= 0.3 is 5.97 Å². The highest BCUT2D eigenvalue weighted by Crippen LogP contribution is 2.33. The van der Waals surface area contributed by atoms with Crippen LogP contribution in [-0.4, -0.2) is 37.4 Å². The molecule has 0 radical (unpaired) electrons. The Morgan fingerprint density at radius 2 is 2.00 bits per heavy atom. The largest absolute Gasteiger partial charge is 0.497 e. The van der Waals surface area contributed by atoms with Crippen LogP contribution in [0.2, 0.25) is 0 Å². The normalized spacial score (nSPS) is 20.3. The van der Waals surface area contributed by atoms with Crippen molar-refractivity contribution < 1.29 is 23.9 Å². The van der Waals surface area contributed by atoms with Crippen LogP contribution in [0.15, 0.2) is 36.9 Å². The molecule has 2 atom stereocenters. The van der Waals surface area contributed by atoms with Gasteiger partial charge in [-0.1, -0.05) is 12.7 Å². The van der Waals surface area contributed by atoms with E-state index in [4.69, 9.17) is 9.47 Å². The van der Waals surface area contributed by atoms with Gasteiger partial charge in [-0.25, -0.2) is 4.79 Å². The lowest BCUT2D eigenvalue weighted by Gasteiger charge is -2.25. The summed E-state index contributed by atoms with van der Waals surface area (Å²) in [5.41, 5.74) is 0.528. The highest BCUT2D eigenvalue weighted by Gasteiger charge is 2.47. The van der Waals surface area contributed by atoms with E-state index in [1.165, 1.54) is 25.0 Å². The van der Waals surface area contributed by atoms with Gasteiger partial charge in [-0.15, -0.1) is 0 Å². The van der Waals surface area contributed by atoms with Crippen LogP contribution in [0.1, 0.15) is 13.3 Å². The summed E-state index contributed by atoms with van der Waals surface area (Å²) >= 11 is 0. The molecule has 122 valence electrons. The first-order chi connectivity index (χ1) is 11.0. The molecule has 6 heteroatoms. The van der Waals surface area contributed by atoms with E-state index in [0.29, 0.717) is 11.4 Å². The second-order valence-electron chi connectivity index (χ2n) is 5.25. The van der Waals surface area contributed by atoms with Crippen molar-refractivity contribution >= 4 is 23.3 Å². The summed E-state index contributed by atoms with van der Waals surface area (Å²) in [7, 11) is 1.54. The highest BCUT2D eigenvalue weighted by molar-refractivity contribution is 6.07. The zero-order chi connectivity index (χ0) is 17.0. The Balaban J connectivity index is 2.36. The fourth-order valence-corrected chi connectivity index (χ4v) is 2.64. The average molecular weight is 317 g/mol. The molecule has 1 saturated heterocycles. The number of esters is 1. The smallest absolute Gasteiger partial charge is 0.330 e. The molecule has 1 aromatic rings. The van der Waals surface area contributed by atoms with Crippen molar-refractivity contribution in [2.24, 2.45) is 5.92 Å². The maximum absolute atomic E-state index is 12.3. The molecule has 1 heterocycles. The Bertz CT molecular complexity index is 622. The zero-order valence-electron chi connectivity index (χ0n) is 13.2. The van der Waals surface area contributed by atoms with E-state index in [1.54, 1.807) is 24.3 Å². The Morgan fingerprint density at radius 1 is 1.35 bits per heavy atom. The van der Waals surface area contributed by atoms with Crippen molar-refractivity contribution in [3.05, 3.63) is 36.9 Å². The number of nitrogens with zero attached hydrogens (tertiary/aromatic N) is 1. The van der Waals surface area contributed by atoms with Crippen molar-refractivity contribution in [1.29, 1.82) is 0 Å². The average Bonchev–Trinajstić information content (AvgIpc) is 2.90. The number of rotatable bonds is 6. The maximum atomic E-state index is 12.3. The second-order valence-corrected chi connectivity index (χ2v) is 5.25. The molecule has 23 heavy (non-hydrogen) atoms. The molecule has 0 saturated carbocycles. The standard InChI is InChI=1S/C17H19NO5/c1-4-9-23-17(21)16-14(11(2)19)10-15(20)18(16)12-5-7-13(22-3)8-6-12/h4-8,14,16H,1,9-10H2,2-3H3/t14-,16-/m1/s1. The molecule has 1 amide bonds. The summed E-state index contributed by atoms with van der Waals surface area (Å²) in [6.45, 7) is 4.90. The zero-order valence-corrected chi connectivity index (χ0v) is 13.2. The lowest BCUT2D eigenvalue weighted by molar-refractivity contribution is -0.146. The van der Waals surface area contributed by atoms with Gasteiger partial charge in [0.15, 0.2) is 0 Å². The third kappa shape index (κ3) is 3.41. The Labute approximate surface area is 134 Å². The van der Waals surface area contributed by atoms with E-state index in [-0.39, 0.29) is 24.7 Å². The summed E-state index contributed by atoms with van der Waals surface area (Å²) in [4.78, 5) is 37.8. The molecular weight excluding hydrogens is 298 g/mol. The first-order valence-corrected chi connectivity index (χ1v) is 7.23. The number of benzene rings is 1. The minimum atomic E-state index is -0.951. The number of ketones is 1. The Hall–Kier alpha value is -2.63. The summed E-state index contributed by atoms with van der Waals surface area (Å²) in [5.74, 6) is -1.17. The van der Waals surface area contributed by atoms with Gasteiger partial charge in [-0.05, 0) is 31.2 Å². The van der Waals surface area contributed by atoms with Gasteiger partial charge in [0.1, 0.15) is 24.2 Å². The van der Waals surface area contributed by atoms with E-state index in [2.05, 4.69) is 6.58 Å². The van der Waals surface area contributed by atoms with Crippen molar-refractivity contribution in [3.8, 4) is 5.75 Å². The molecule has 0 aromatic heterocycles. The molecule has 1 aliphatic heterocycles. The fraction of sp³-hybridized carbons (Fsp3) is 0.353. The van der Waals surface area contributed by atoms with Crippen LogP contribution in [0.3, 0.4) is 0 Å². The predicted octanol–water partition coefficient (Wildman–Crippen LogP) is 1.73. The second kappa shape index (κ2) is 7.09. The number of anilines is 1. The number of Topliss-reactive ketones (excluding diaryl/α,β-unsaturated/α-hetero) is 1. The molecule has 0 unspecified atom stereocenters. The monoisotopic (exact) mass is 317 g/mol. The van der Waals surface area contributed by atoms with Gasteiger partial charge < -0.3 is 9.47 Å². The van der Waals surface area contributed by atoms with Crippen LogP contribution in [0, 0.1) is 5.92 Å². The Kier molecular flexibility index (Phi) is 5.16. The van der Waals surface area contributed by atoms with E-state index in [9.17, 15) is 14.4 Å². The molecule has 0 aliphatic carbocycles. The van der Waals surface area contributed by atoms with Crippen molar-refractivity contribution in [3.63, 3.8) is 0 Å². The summed E-state index contributed by atoms with van der Waals surface area (Å²) in [6.07, 6.45) is 1.43. The van der Waals surface area contributed by atoms with Gasteiger partial charge in [0, 0.05) is 12.1 Å². The van der Waals surface area contributed by atoms with Crippen molar-refractivity contribution in [1.82, 2.24) is 0 Å². The lowest BCUT2D eigenvalue weighted by atomic mass is 9.96. The highest BCUT2D eigenvalue weighted by atomic mass is 16.5.